The van der Waals surface area contributed by atoms with Crippen LogP contribution in [0.1, 0.15) is 22.3 Å². The Balaban J connectivity index is 2.04. The number of hydrogen-bond acceptors (Lipinski definition) is 1. The van der Waals surface area contributed by atoms with E-state index in [1.165, 1.54) is 22.3 Å². The first-order chi connectivity index (χ1) is 8.69. The van der Waals surface area contributed by atoms with E-state index in [0.29, 0.717) is 6.61 Å². The molecule has 1 nitrogen and oxygen atoms in total. The summed E-state index contributed by atoms with van der Waals surface area (Å²) >= 11 is 3.45. The van der Waals surface area contributed by atoms with Crippen LogP contribution in [-0.2, 0) is 11.9 Å². The Morgan fingerprint density at radius 2 is 1.78 bits per heavy atom. The van der Waals surface area contributed by atoms with Crippen molar-refractivity contribution in [1.82, 2.24) is 0 Å². The van der Waals surface area contributed by atoms with Crippen LogP contribution in [0.2, 0.25) is 0 Å². The van der Waals surface area contributed by atoms with Gasteiger partial charge >= 0.3 is 0 Å². The zero-order valence-corrected chi connectivity index (χ0v) is 12.3. The minimum absolute atomic E-state index is 0.618. The number of halogens is 1. The maximum absolute atomic E-state index is 5.81. The molecule has 0 spiro atoms. The van der Waals surface area contributed by atoms with Gasteiger partial charge in [-0.05, 0) is 48.2 Å². The fraction of sp³-hybridized carbons (Fsp3) is 0.250. The molecule has 2 aromatic rings. The van der Waals surface area contributed by atoms with Gasteiger partial charge in [0.05, 0.1) is 0 Å². The molecule has 0 saturated heterocycles. The van der Waals surface area contributed by atoms with Crippen LogP contribution in [0.3, 0.4) is 0 Å². The summed E-state index contributed by atoms with van der Waals surface area (Å²) in [6.45, 7) is 4.87. The van der Waals surface area contributed by atoms with Gasteiger partial charge in [0.1, 0.15) is 12.4 Å². The van der Waals surface area contributed by atoms with Gasteiger partial charge in [-0.3, -0.25) is 0 Å². The van der Waals surface area contributed by atoms with E-state index in [2.05, 4.69) is 60.1 Å². The average molecular weight is 305 g/mol. The second kappa shape index (κ2) is 6.05. The zero-order chi connectivity index (χ0) is 13.0. The Morgan fingerprint density at radius 3 is 2.50 bits per heavy atom. The van der Waals surface area contributed by atoms with Crippen LogP contribution in [0.5, 0.6) is 5.75 Å². The molecule has 0 amide bonds. The smallest absolute Gasteiger partial charge is 0.120 e. The predicted molar refractivity (Wildman–Crippen MR) is 79.3 cm³/mol. The van der Waals surface area contributed by atoms with Crippen molar-refractivity contribution >= 4 is 15.9 Å². The van der Waals surface area contributed by atoms with Crippen LogP contribution in [-0.4, -0.2) is 0 Å². The SMILES string of the molecule is Cc1ccc(COc2cccc(CBr)c2)cc1C. The average Bonchev–Trinajstić information content (AvgIpc) is 2.40. The largest absolute Gasteiger partial charge is 0.489 e. The molecule has 0 heterocycles. The van der Waals surface area contributed by atoms with E-state index in [-0.39, 0.29) is 0 Å². The van der Waals surface area contributed by atoms with E-state index in [9.17, 15) is 0 Å². The molecule has 0 N–H and O–H groups in total. The predicted octanol–water partition coefficient (Wildman–Crippen LogP) is 4.78. The van der Waals surface area contributed by atoms with Gasteiger partial charge in [-0.15, -0.1) is 0 Å². The van der Waals surface area contributed by atoms with Crippen LogP contribution in [0.15, 0.2) is 42.5 Å². The Labute approximate surface area is 117 Å². The highest BCUT2D eigenvalue weighted by molar-refractivity contribution is 9.08. The van der Waals surface area contributed by atoms with Gasteiger partial charge < -0.3 is 4.74 Å². The molecule has 18 heavy (non-hydrogen) atoms. The third-order valence-corrected chi connectivity index (χ3v) is 3.68. The number of benzene rings is 2. The van der Waals surface area contributed by atoms with Gasteiger partial charge in [-0.25, -0.2) is 0 Å². The molecule has 0 aliphatic carbocycles. The summed E-state index contributed by atoms with van der Waals surface area (Å²) in [7, 11) is 0. The first kappa shape index (κ1) is 13.2. The summed E-state index contributed by atoms with van der Waals surface area (Å²) in [5.41, 5.74) is 5.07. The molecule has 0 bridgehead atoms. The lowest BCUT2D eigenvalue weighted by Crippen LogP contribution is -1.96. The highest BCUT2D eigenvalue weighted by atomic mass is 79.9. The molecular weight excluding hydrogens is 288 g/mol. The topological polar surface area (TPSA) is 9.23 Å². The number of aryl methyl sites for hydroxylation is 2. The van der Waals surface area contributed by atoms with E-state index >= 15 is 0 Å². The Hall–Kier alpha value is -1.28. The number of ether oxygens (including phenoxy) is 1. The molecule has 0 radical (unpaired) electrons. The molecule has 2 heteroatoms. The molecule has 0 saturated carbocycles. The van der Waals surface area contributed by atoms with Gasteiger partial charge in [0.15, 0.2) is 0 Å². The van der Waals surface area contributed by atoms with E-state index in [1.54, 1.807) is 0 Å². The van der Waals surface area contributed by atoms with Crippen molar-refractivity contribution in [2.75, 3.05) is 0 Å². The van der Waals surface area contributed by atoms with Crippen molar-refractivity contribution < 1.29 is 4.74 Å². The van der Waals surface area contributed by atoms with E-state index in [0.717, 1.165) is 11.1 Å². The maximum Gasteiger partial charge on any atom is 0.120 e. The van der Waals surface area contributed by atoms with Crippen molar-refractivity contribution in [1.29, 1.82) is 0 Å². The van der Waals surface area contributed by atoms with Gasteiger partial charge in [0, 0.05) is 5.33 Å². The summed E-state index contributed by atoms with van der Waals surface area (Å²) in [4.78, 5) is 0. The fourth-order valence-electron chi connectivity index (χ4n) is 1.78. The Kier molecular flexibility index (Phi) is 4.43. The Bertz CT molecular complexity index is 534. The fourth-order valence-corrected chi connectivity index (χ4v) is 2.13. The lowest BCUT2D eigenvalue weighted by molar-refractivity contribution is 0.306. The molecule has 0 unspecified atom stereocenters. The minimum Gasteiger partial charge on any atom is -0.489 e. The van der Waals surface area contributed by atoms with Gasteiger partial charge in [0.2, 0.25) is 0 Å². The third-order valence-electron chi connectivity index (χ3n) is 3.03. The maximum atomic E-state index is 5.81. The van der Waals surface area contributed by atoms with Crippen LogP contribution >= 0.6 is 15.9 Å². The molecule has 0 aliphatic rings. The quantitative estimate of drug-likeness (QED) is 0.739. The van der Waals surface area contributed by atoms with E-state index in [1.807, 2.05) is 12.1 Å². The van der Waals surface area contributed by atoms with Crippen molar-refractivity contribution in [3.05, 3.63) is 64.7 Å². The van der Waals surface area contributed by atoms with Gasteiger partial charge in [-0.2, -0.15) is 0 Å². The van der Waals surface area contributed by atoms with E-state index < -0.39 is 0 Å². The van der Waals surface area contributed by atoms with E-state index in [4.69, 9.17) is 4.74 Å². The van der Waals surface area contributed by atoms with Crippen molar-refractivity contribution in [3.63, 3.8) is 0 Å². The van der Waals surface area contributed by atoms with Crippen molar-refractivity contribution in [2.24, 2.45) is 0 Å². The highest BCUT2D eigenvalue weighted by Gasteiger charge is 1.99. The first-order valence-electron chi connectivity index (χ1n) is 6.03. The lowest BCUT2D eigenvalue weighted by atomic mass is 10.1. The molecule has 2 rings (SSSR count). The third kappa shape index (κ3) is 3.36. The molecule has 94 valence electrons. The van der Waals surface area contributed by atoms with Crippen LogP contribution < -0.4 is 4.74 Å². The minimum atomic E-state index is 0.618. The highest BCUT2D eigenvalue weighted by Crippen LogP contribution is 2.17. The monoisotopic (exact) mass is 304 g/mol. The van der Waals surface area contributed by atoms with Crippen LogP contribution in [0.25, 0.3) is 0 Å². The molecule has 2 aromatic carbocycles. The summed E-state index contributed by atoms with van der Waals surface area (Å²) in [5.74, 6) is 0.921. The number of rotatable bonds is 4. The molecule has 0 fully saturated rings. The summed E-state index contributed by atoms with van der Waals surface area (Å²) < 4.78 is 5.81. The normalized spacial score (nSPS) is 10.4. The molecule has 0 atom stereocenters. The first-order valence-corrected chi connectivity index (χ1v) is 7.15. The summed E-state index contributed by atoms with van der Waals surface area (Å²) in [5, 5.41) is 0.855. The Morgan fingerprint density at radius 1 is 0.944 bits per heavy atom. The second-order valence-corrected chi connectivity index (χ2v) is 5.05. The molecule has 0 aliphatic heterocycles. The van der Waals surface area contributed by atoms with Crippen LogP contribution in [0.4, 0.5) is 0 Å². The standard InChI is InChI=1S/C16H17BrO/c1-12-6-7-15(8-13(12)2)11-18-16-5-3-4-14(9-16)10-17/h3-9H,10-11H2,1-2H3. The van der Waals surface area contributed by atoms with Crippen molar-refractivity contribution in [3.8, 4) is 5.75 Å². The number of hydrogen-bond donors (Lipinski definition) is 0. The van der Waals surface area contributed by atoms with Crippen LogP contribution in [0, 0.1) is 13.8 Å². The summed E-state index contributed by atoms with van der Waals surface area (Å²) in [6, 6.07) is 14.6. The van der Waals surface area contributed by atoms with Crippen molar-refractivity contribution in [2.45, 2.75) is 25.8 Å². The van der Waals surface area contributed by atoms with Gasteiger partial charge in [-0.1, -0.05) is 46.3 Å². The number of alkyl halides is 1. The van der Waals surface area contributed by atoms with Gasteiger partial charge in [0.25, 0.3) is 0 Å². The molecule has 0 aromatic heterocycles. The second-order valence-electron chi connectivity index (χ2n) is 4.49. The lowest BCUT2D eigenvalue weighted by Gasteiger charge is -2.09. The summed E-state index contributed by atoms with van der Waals surface area (Å²) in [6.07, 6.45) is 0. The molecular formula is C16H17BrO. The zero-order valence-electron chi connectivity index (χ0n) is 10.7.